The highest BCUT2D eigenvalue weighted by Gasteiger charge is 2.17. The van der Waals surface area contributed by atoms with Crippen LogP contribution in [0.1, 0.15) is 25.0 Å². The van der Waals surface area contributed by atoms with Gasteiger partial charge in [-0.3, -0.25) is 4.72 Å². The van der Waals surface area contributed by atoms with Crippen LogP contribution >= 0.6 is 0 Å². The van der Waals surface area contributed by atoms with Gasteiger partial charge in [-0.25, -0.2) is 8.42 Å². The first-order valence-electron chi connectivity index (χ1n) is 8.24. The van der Waals surface area contributed by atoms with Gasteiger partial charge in [-0.15, -0.1) is 0 Å². The number of rotatable bonds is 5. The molecular weight excluding hydrogens is 330 g/mol. The summed E-state index contributed by atoms with van der Waals surface area (Å²) in [5, 5.41) is -0.491. The summed E-state index contributed by atoms with van der Waals surface area (Å²) in [5.41, 5.74) is 5.03. The standard InChI is InChI=1S/C21H21NO2S/c1-16(2)25(23,24)22-15-21(17-9-5-3-6-10-17)20-14-13-18-11-7-4-8-12-19(18)20/h3-16,22H,1-2H3. The lowest BCUT2D eigenvalue weighted by Gasteiger charge is -2.12. The van der Waals surface area contributed by atoms with E-state index in [1.165, 1.54) is 0 Å². The minimum absolute atomic E-state index is 0.491. The first-order chi connectivity index (χ1) is 12.0. The van der Waals surface area contributed by atoms with Crippen molar-refractivity contribution < 1.29 is 8.42 Å². The van der Waals surface area contributed by atoms with E-state index < -0.39 is 15.3 Å². The van der Waals surface area contributed by atoms with Crippen LogP contribution in [0.15, 0.2) is 79.0 Å². The first-order valence-corrected chi connectivity index (χ1v) is 9.78. The summed E-state index contributed by atoms with van der Waals surface area (Å²) in [6, 6.07) is 24.0. The van der Waals surface area contributed by atoms with Gasteiger partial charge in [0.25, 0.3) is 0 Å². The molecule has 0 saturated carbocycles. The van der Waals surface area contributed by atoms with Gasteiger partial charge in [-0.2, -0.15) is 0 Å². The molecule has 0 spiro atoms. The van der Waals surface area contributed by atoms with Crippen LogP contribution in [0.4, 0.5) is 0 Å². The van der Waals surface area contributed by atoms with Gasteiger partial charge in [-0.1, -0.05) is 72.8 Å². The monoisotopic (exact) mass is 351 g/mol. The Labute approximate surface area is 149 Å². The van der Waals surface area contributed by atoms with Crippen molar-refractivity contribution in [1.29, 1.82) is 0 Å². The molecule has 3 nitrogen and oxygen atoms in total. The molecule has 128 valence electrons. The summed E-state index contributed by atoms with van der Waals surface area (Å²) >= 11 is 0. The Morgan fingerprint density at radius 1 is 0.880 bits per heavy atom. The van der Waals surface area contributed by atoms with Crippen LogP contribution in [0.5, 0.6) is 0 Å². The molecule has 0 aliphatic heterocycles. The molecule has 25 heavy (non-hydrogen) atoms. The van der Waals surface area contributed by atoms with Crippen molar-refractivity contribution in [3.05, 3.63) is 90.1 Å². The van der Waals surface area contributed by atoms with Crippen molar-refractivity contribution in [3.63, 3.8) is 0 Å². The second-order valence-corrected chi connectivity index (χ2v) is 8.43. The summed E-state index contributed by atoms with van der Waals surface area (Å²) in [7, 11) is -3.39. The Morgan fingerprint density at radius 3 is 2.20 bits per heavy atom. The molecule has 3 rings (SSSR count). The zero-order valence-corrected chi connectivity index (χ0v) is 15.1. The summed E-state index contributed by atoms with van der Waals surface area (Å²) in [4.78, 5) is 0. The first kappa shape index (κ1) is 17.2. The minimum Gasteiger partial charge on any atom is -0.289 e. The van der Waals surface area contributed by atoms with Crippen molar-refractivity contribution in [2.75, 3.05) is 0 Å². The predicted octanol–water partition coefficient (Wildman–Crippen LogP) is 4.51. The van der Waals surface area contributed by atoms with Crippen molar-refractivity contribution in [2.45, 2.75) is 19.1 Å². The van der Waals surface area contributed by atoms with E-state index >= 15 is 0 Å². The molecule has 0 aromatic heterocycles. The van der Waals surface area contributed by atoms with Gasteiger partial charge in [0.2, 0.25) is 10.0 Å². The van der Waals surface area contributed by atoms with Gasteiger partial charge < -0.3 is 0 Å². The van der Waals surface area contributed by atoms with E-state index in [1.807, 2.05) is 54.6 Å². The number of fused-ring (bicyclic) bond motifs is 1. The molecule has 0 unspecified atom stereocenters. The molecule has 0 radical (unpaired) electrons. The normalized spacial score (nSPS) is 12.5. The van der Waals surface area contributed by atoms with Crippen molar-refractivity contribution in [2.24, 2.45) is 0 Å². The quantitative estimate of drug-likeness (QED) is 0.735. The third kappa shape index (κ3) is 3.74. The second-order valence-electron chi connectivity index (χ2n) is 6.16. The molecule has 1 aromatic rings. The third-order valence-electron chi connectivity index (χ3n) is 4.15. The second kappa shape index (κ2) is 7.11. The van der Waals surface area contributed by atoms with E-state index in [2.05, 4.69) is 22.9 Å². The molecule has 1 aromatic carbocycles. The van der Waals surface area contributed by atoms with Gasteiger partial charge in [-0.05, 0) is 36.1 Å². The fourth-order valence-electron chi connectivity index (χ4n) is 2.66. The van der Waals surface area contributed by atoms with E-state index in [9.17, 15) is 8.42 Å². The molecule has 0 atom stereocenters. The minimum atomic E-state index is -3.39. The van der Waals surface area contributed by atoms with Gasteiger partial charge >= 0.3 is 0 Å². The Hall–Kier alpha value is -2.59. The van der Waals surface area contributed by atoms with E-state index in [4.69, 9.17) is 0 Å². The average Bonchev–Trinajstić information content (AvgIpc) is 2.84. The molecule has 2 aliphatic carbocycles. The van der Waals surface area contributed by atoms with Crippen LogP contribution in [0.2, 0.25) is 0 Å². The van der Waals surface area contributed by atoms with Crippen molar-refractivity contribution in [3.8, 4) is 11.1 Å². The van der Waals surface area contributed by atoms with Crippen LogP contribution in [0, 0.1) is 0 Å². The third-order valence-corrected chi connectivity index (χ3v) is 5.84. The SMILES string of the molecule is CC(C)S(=O)(=O)NC=C(c1ccccc1)c1ccc2cccccc1-2. The molecule has 2 aliphatic rings. The lowest BCUT2D eigenvalue weighted by atomic mass is 9.97. The van der Waals surface area contributed by atoms with Crippen LogP contribution in [0.3, 0.4) is 0 Å². The number of hydrogen-bond acceptors (Lipinski definition) is 2. The van der Waals surface area contributed by atoms with E-state index in [-0.39, 0.29) is 0 Å². The highest BCUT2D eigenvalue weighted by atomic mass is 32.2. The van der Waals surface area contributed by atoms with Crippen LogP contribution in [-0.4, -0.2) is 13.7 Å². The lowest BCUT2D eigenvalue weighted by Crippen LogP contribution is -2.26. The number of benzene rings is 1. The molecule has 1 N–H and O–H groups in total. The van der Waals surface area contributed by atoms with Crippen LogP contribution in [0.25, 0.3) is 16.7 Å². The van der Waals surface area contributed by atoms with Gasteiger partial charge in [0.1, 0.15) is 0 Å². The van der Waals surface area contributed by atoms with Gasteiger partial charge in [0.15, 0.2) is 0 Å². The number of hydrogen-bond donors (Lipinski definition) is 1. The predicted molar refractivity (Wildman–Crippen MR) is 104 cm³/mol. The molecule has 0 fully saturated rings. The highest BCUT2D eigenvalue weighted by Crippen LogP contribution is 2.35. The Kier molecular flexibility index (Phi) is 4.91. The molecule has 0 amide bonds. The fourth-order valence-corrected chi connectivity index (χ4v) is 3.22. The number of sulfonamides is 1. The maximum absolute atomic E-state index is 12.2. The zero-order chi connectivity index (χ0) is 17.9. The highest BCUT2D eigenvalue weighted by molar-refractivity contribution is 7.90. The average molecular weight is 351 g/mol. The maximum Gasteiger partial charge on any atom is 0.234 e. The molecular formula is C21H21NO2S. The Bertz CT molecular complexity index is 960. The largest absolute Gasteiger partial charge is 0.289 e. The summed E-state index contributed by atoms with van der Waals surface area (Å²) in [6.07, 6.45) is 1.60. The van der Waals surface area contributed by atoms with Crippen molar-refractivity contribution in [1.82, 2.24) is 4.72 Å². The van der Waals surface area contributed by atoms with Gasteiger partial charge in [0.05, 0.1) is 5.25 Å². The summed E-state index contributed by atoms with van der Waals surface area (Å²) in [5.74, 6) is 0. The van der Waals surface area contributed by atoms with E-state index in [1.54, 1.807) is 20.0 Å². The lowest BCUT2D eigenvalue weighted by molar-refractivity contribution is 0.581. The fraction of sp³-hybridized carbons (Fsp3) is 0.143. The molecule has 0 heterocycles. The van der Waals surface area contributed by atoms with Crippen LogP contribution < -0.4 is 4.72 Å². The summed E-state index contributed by atoms with van der Waals surface area (Å²) in [6.45, 7) is 3.33. The van der Waals surface area contributed by atoms with E-state index in [0.717, 1.165) is 27.8 Å². The molecule has 0 saturated heterocycles. The number of nitrogens with one attached hydrogen (secondary N) is 1. The summed E-state index contributed by atoms with van der Waals surface area (Å²) < 4.78 is 27.0. The van der Waals surface area contributed by atoms with Crippen LogP contribution in [-0.2, 0) is 10.0 Å². The Morgan fingerprint density at radius 2 is 1.52 bits per heavy atom. The maximum atomic E-state index is 12.2. The van der Waals surface area contributed by atoms with Crippen molar-refractivity contribution >= 4 is 15.6 Å². The molecule has 0 bridgehead atoms. The Balaban J connectivity index is 2.13. The zero-order valence-electron chi connectivity index (χ0n) is 14.3. The smallest absolute Gasteiger partial charge is 0.234 e. The van der Waals surface area contributed by atoms with Gasteiger partial charge in [0, 0.05) is 11.8 Å². The molecule has 4 heteroatoms. The van der Waals surface area contributed by atoms with E-state index in [0.29, 0.717) is 0 Å². The topological polar surface area (TPSA) is 46.2 Å².